The van der Waals surface area contributed by atoms with Gasteiger partial charge in [0.1, 0.15) is 5.75 Å². The van der Waals surface area contributed by atoms with Crippen molar-refractivity contribution in [3.63, 3.8) is 0 Å². The third-order valence-electron chi connectivity index (χ3n) is 3.48. The third kappa shape index (κ3) is 2.66. The number of carbonyl (C=O) groups is 1. The number of halogens is 2. The molecule has 3 rings (SSSR count). The fourth-order valence-electron chi connectivity index (χ4n) is 2.38. The van der Waals surface area contributed by atoms with Crippen molar-refractivity contribution in [1.29, 1.82) is 0 Å². The fourth-order valence-corrected chi connectivity index (χ4v) is 3.46. The lowest BCUT2D eigenvalue weighted by Gasteiger charge is -2.10. The van der Waals surface area contributed by atoms with E-state index in [1.54, 1.807) is 0 Å². The number of carboxylic acids is 1. The summed E-state index contributed by atoms with van der Waals surface area (Å²) in [5.74, 6) is -2.66. The first-order valence-electron chi connectivity index (χ1n) is 6.65. The van der Waals surface area contributed by atoms with Gasteiger partial charge in [0, 0.05) is 22.6 Å². The van der Waals surface area contributed by atoms with Crippen molar-refractivity contribution < 1.29 is 23.4 Å². The molecular weight excluding hydrogens is 310 g/mol. The molecule has 0 unspecified atom stereocenters. The topological polar surface area (TPSA) is 46.5 Å². The van der Waals surface area contributed by atoms with Crippen molar-refractivity contribution in [2.24, 2.45) is 0 Å². The predicted molar refractivity (Wildman–Crippen MR) is 78.5 cm³/mol. The Hall–Kier alpha value is -2.08. The number of hydrogen-bond donors (Lipinski definition) is 1. The maximum absolute atomic E-state index is 13.9. The Kier molecular flexibility index (Phi) is 4.02. The highest BCUT2D eigenvalue weighted by atomic mass is 32.2. The number of rotatable bonds is 4. The Balaban J connectivity index is 1.90. The molecule has 0 bridgehead atoms. The van der Waals surface area contributed by atoms with E-state index in [1.165, 1.54) is 11.8 Å². The first-order chi connectivity index (χ1) is 10.6. The molecule has 0 saturated carbocycles. The second-order valence-corrected chi connectivity index (χ2v) is 5.84. The summed E-state index contributed by atoms with van der Waals surface area (Å²) in [6.07, 6.45) is 0.818. The van der Waals surface area contributed by atoms with Crippen molar-refractivity contribution in [3.05, 3.63) is 58.7 Å². The van der Waals surface area contributed by atoms with Crippen LogP contribution in [-0.2, 0) is 12.2 Å². The van der Waals surface area contributed by atoms with E-state index < -0.39 is 17.6 Å². The van der Waals surface area contributed by atoms with Gasteiger partial charge in [-0.15, -0.1) is 11.8 Å². The predicted octanol–water partition coefficient (Wildman–Crippen LogP) is 3.89. The number of hydrogen-bond acceptors (Lipinski definition) is 3. The lowest BCUT2D eigenvalue weighted by molar-refractivity contribution is 0.0695. The molecule has 2 aromatic carbocycles. The smallest absolute Gasteiger partial charge is 0.336 e. The van der Waals surface area contributed by atoms with Crippen LogP contribution in [0.3, 0.4) is 0 Å². The third-order valence-corrected chi connectivity index (χ3v) is 4.54. The Morgan fingerprint density at radius 1 is 1.27 bits per heavy atom. The van der Waals surface area contributed by atoms with E-state index in [2.05, 4.69) is 0 Å². The Morgan fingerprint density at radius 2 is 2.09 bits per heavy atom. The van der Waals surface area contributed by atoms with Gasteiger partial charge in [-0.25, -0.2) is 13.6 Å². The lowest BCUT2D eigenvalue weighted by atomic mass is 10.1. The van der Waals surface area contributed by atoms with Crippen LogP contribution in [0.5, 0.6) is 5.75 Å². The van der Waals surface area contributed by atoms with Crippen LogP contribution in [0.2, 0.25) is 0 Å². The van der Waals surface area contributed by atoms with Crippen LogP contribution in [0, 0.1) is 11.6 Å². The van der Waals surface area contributed by atoms with Gasteiger partial charge in [-0.3, -0.25) is 0 Å². The van der Waals surface area contributed by atoms with Crippen molar-refractivity contribution in [2.45, 2.75) is 17.1 Å². The van der Waals surface area contributed by atoms with Gasteiger partial charge in [0.2, 0.25) is 0 Å². The normalized spacial score (nSPS) is 12.8. The minimum Gasteiger partial charge on any atom is -0.492 e. The van der Waals surface area contributed by atoms with E-state index in [0.717, 1.165) is 34.8 Å². The zero-order chi connectivity index (χ0) is 15.7. The highest BCUT2D eigenvalue weighted by Gasteiger charge is 2.20. The van der Waals surface area contributed by atoms with Gasteiger partial charge in [-0.1, -0.05) is 12.1 Å². The first-order valence-corrected chi connectivity index (χ1v) is 7.64. The van der Waals surface area contributed by atoms with Gasteiger partial charge in [0.15, 0.2) is 11.6 Å². The van der Waals surface area contributed by atoms with Crippen LogP contribution in [0.1, 0.15) is 21.5 Å². The van der Waals surface area contributed by atoms with Crippen LogP contribution in [0.25, 0.3) is 0 Å². The maximum Gasteiger partial charge on any atom is 0.336 e. The van der Waals surface area contributed by atoms with E-state index in [4.69, 9.17) is 9.84 Å². The van der Waals surface area contributed by atoms with Gasteiger partial charge >= 0.3 is 5.97 Å². The van der Waals surface area contributed by atoms with Gasteiger partial charge in [-0.05, 0) is 23.8 Å². The van der Waals surface area contributed by atoms with Gasteiger partial charge < -0.3 is 9.84 Å². The first kappa shape index (κ1) is 14.8. The Labute approximate surface area is 129 Å². The summed E-state index contributed by atoms with van der Waals surface area (Å²) in [6.45, 7) is 0.599. The monoisotopic (exact) mass is 322 g/mol. The largest absolute Gasteiger partial charge is 0.492 e. The van der Waals surface area contributed by atoms with Gasteiger partial charge in [-0.2, -0.15) is 0 Å². The molecule has 0 aromatic heterocycles. The number of para-hydroxylation sites is 1. The zero-order valence-corrected chi connectivity index (χ0v) is 12.3. The molecule has 1 aliphatic rings. The average molecular weight is 322 g/mol. The van der Waals surface area contributed by atoms with E-state index in [9.17, 15) is 13.6 Å². The molecule has 1 aliphatic heterocycles. The van der Waals surface area contributed by atoms with E-state index in [1.807, 2.05) is 18.2 Å². The summed E-state index contributed by atoms with van der Waals surface area (Å²) >= 11 is 1.24. The van der Waals surface area contributed by atoms with Crippen molar-refractivity contribution in [1.82, 2.24) is 0 Å². The van der Waals surface area contributed by atoms with E-state index in [-0.39, 0.29) is 16.9 Å². The Bertz CT molecular complexity index is 746. The number of benzene rings is 2. The summed E-state index contributed by atoms with van der Waals surface area (Å²) in [4.78, 5) is 12.0. The second kappa shape index (κ2) is 5.96. The van der Waals surface area contributed by atoms with Crippen LogP contribution in [0.4, 0.5) is 8.78 Å². The van der Waals surface area contributed by atoms with E-state index >= 15 is 0 Å². The molecule has 0 fully saturated rings. The molecule has 3 nitrogen and oxygen atoms in total. The molecule has 0 atom stereocenters. The molecule has 114 valence electrons. The molecule has 0 amide bonds. The molecular formula is C16H12F2O3S. The molecule has 0 saturated heterocycles. The van der Waals surface area contributed by atoms with Gasteiger partial charge in [0.05, 0.1) is 12.2 Å². The molecule has 1 N–H and O–H groups in total. The quantitative estimate of drug-likeness (QED) is 0.868. The molecule has 2 aromatic rings. The van der Waals surface area contributed by atoms with Crippen LogP contribution in [-0.4, -0.2) is 17.7 Å². The number of fused-ring (bicyclic) bond motifs is 1. The zero-order valence-electron chi connectivity index (χ0n) is 11.4. The molecule has 1 heterocycles. The van der Waals surface area contributed by atoms with Gasteiger partial charge in [0.25, 0.3) is 0 Å². The second-order valence-electron chi connectivity index (χ2n) is 4.82. The minimum atomic E-state index is -1.27. The minimum absolute atomic E-state index is 0.0189. The van der Waals surface area contributed by atoms with Crippen molar-refractivity contribution in [2.75, 3.05) is 6.61 Å². The van der Waals surface area contributed by atoms with Crippen LogP contribution >= 0.6 is 11.8 Å². The molecule has 0 radical (unpaired) electrons. The SMILES string of the molecule is O=C(O)c1ccc(F)c(F)c1CSc1cccc2c1OCC2. The van der Waals surface area contributed by atoms with E-state index in [0.29, 0.717) is 6.61 Å². The molecule has 0 aliphatic carbocycles. The summed E-state index contributed by atoms with van der Waals surface area (Å²) in [6, 6.07) is 7.57. The molecule has 6 heteroatoms. The van der Waals surface area contributed by atoms with Crippen LogP contribution in [0.15, 0.2) is 35.2 Å². The average Bonchev–Trinajstić information content (AvgIpc) is 2.97. The Morgan fingerprint density at radius 3 is 2.86 bits per heavy atom. The molecule has 22 heavy (non-hydrogen) atoms. The lowest BCUT2D eigenvalue weighted by Crippen LogP contribution is -2.06. The molecule has 0 spiro atoms. The summed E-state index contributed by atoms with van der Waals surface area (Å²) < 4.78 is 32.8. The highest BCUT2D eigenvalue weighted by molar-refractivity contribution is 7.98. The number of carboxylic acid groups (broad SMARTS) is 1. The fraction of sp³-hybridized carbons (Fsp3) is 0.188. The van der Waals surface area contributed by atoms with Crippen LogP contribution < -0.4 is 4.74 Å². The standard InChI is InChI=1S/C16H12F2O3S/c17-12-5-4-10(16(19)20)11(14(12)18)8-22-13-3-1-2-9-6-7-21-15(9)13/h1-5H,6-8H2,(H,19,20). The maximum atomic E-state index is 13.9. The summed E-state index contributed by atoms with van der Waals surface area (Å²) in [5.41, 5.74) is 0.705. The summed E-state index contributed by atoms with van der Waals surface area (Å²) in [7, 11) is 0. The number of aromatic carboxylic acids is 1. The van der Waals surface area contributed by atoms with Crippen molar-refractivity contribution >= 4 is 17.7 Å². The summed E-state index contributed by atoms with van der Waals surface area (Å²) in [5, 5.41) is 9.11. The number of ether oxygens (including phenoxy) is 1. The number of thioether (sulfide) groups is 1. The van der Waals surface area contributed by atoms with Crippen molar-refractivity contribution in [3.8, 4) is 5.75 Å². The highest BCUT2D eigenvalue weighted by Crippen LogP contribution is 2.38.